The van der Waals surface area contributed by atoms with E-state index in [-0.39, 0.29) is 22.8 Å². The van der Waals surface area contributed by atoms with Gasteiger partial charge >= 0.3 is 0 Å². The Bertz CT molecular complexity index is 589. The lowest BCUT2D eigenvalue weighted by Gasteiger charge is -2.22. The normalized spacial score (nSPS) is 20.0. The number of hydrogen-bond donors (Lipinski definition) is 2. The predicted octanol–water partition coefficient (Wildman–Crippen LogP) is 2.02. The molecule has 2 rings (SSSR count). The van der Waals surface area contributed by atoms with Gasteiger partial charge in [-0.1, -0.05) is 0 Å². The zero-order valence-corrected chi connectivity index (χ0v) is 13.1. The third-order valence-electron chi connectivity index (χ3n) is 3.08. The van der Waals surface area contributed by atoms with E-state index >= 15 is 0 Å². The van der Waals surface area contributed by atoms with Crippen LogP contribution in [0.5, 0.6) is 0 Å². The van der Waals surface area contributed by atoms with E-state index in [1.54, 1.807) is 0 Å². The smallest absolute Gasteiger partial charge is 0.243 e. The van der Waals surface area contributed by atoms with Crippen LogP contribution in [0.25, 0.3) is 0 Å². The molecule has 0 saturated carbocycles. The summed E-state index contributed by atoms with van der Waals surface area (Å²) in [5, 5.41) is 0. The first-order valence-corrected chi connectivity index (χ1v) is 8.53. The minimum absolute atomic E-state index is 0.0202. The molecule has 3 N–H and O–H groups in total. The van der Waals surface area contributed by atoms with Gasteiger partial charge in [0.05, 0.1) is 10.6 Å². The van der Waals surface area contributed by atoms with Crippen LogP contribution >= 0.6 is 15.9 Å². The number of benzene rings is 1. The van der Waals surface area contributed by atoms with E-state index in [1.165, 1.54) is 6.07 Å². The van der Waals surface area contributed by atoms with Gasteiger partial charge in [0, 0.05) is 18.8 Å². The van der Waals surface area contributed by atoms with Crippen molar-refractivity contribution in [2.24, 2.45) is 0 Å². The second-order valence-corrected chi connectivity index (χ2v) is 7.25. The van der Waals surface area contributed by atoms with Crippen LogP contribution in [0.3, 0.4) is 0 Å². The molecule has 8 heteroatoms. The number of nitrogen functional groups attached to an aromatic ring is 1. The third-order valence-corrected chi connectivity index (χ3v) is 5.08. The topological polar surface area (TPSA) is 81.4 Å². The number of sulfonamides is 1. The minimum atomic E-state index is -3.95. The standard InChI is InChI=1S/C12H16BrFN2O3S/c13-10-5-8(15)6-11(12(10)14)20(17,18)16-7-9-3-1-2-4-19-9/h5-6,9,16H,1-4,7,15H2. The Labute approximate surface area is 125 Å². The lowest BCUT2D eigenvalue weighted by atomic mass is 10.1. The van der Waals surface area contributed by atoms with Crippen molar-refractivity contribution in [3.8, 4) is 0 Å². The Morgan fingerprint density at radius 1 is 1.45 bits per heavy atom. The summed E-state index contributed by atoms with van der Waals surface area (Å²) in [7, 11) is -3.95. The fourth-order valence-electron chi connectivity index (χ4n) is 2.03. The van der Waals surface area contributed by atoms with Crippen LogP contribution in [-0.4, -0.2) is 27.7 Å². The molecule has 1 fully saturated rings. The van der Waals surface area contributed by atoms with E-state index in [9.17, 15) is 12.8 Å². The number of halogens is 2. The van der Waals surface area contributed by atoms with E-state index in [0.717, 1.165) is 25.3 Å². The molecule has 20 heavy (non-hydrogen) atoms. The van der Waals surface area contributed by atoms with Crippen molar-refractivity contribution in [2.45, 2.75) is 30.3 Å². The van der Waals surface area contributed by atoms with Crippen LogP contribution in [-0.2, 0) is 14.8 Å². The van der Waals surface area contributed by atoms with Gasteiger partial charge in [-0.3, -0.25) is 0 Å². The van der Waals surface area contributed by atoms with Crippen molar-refractivity contribution < 1.29 is 17.5 Å². The summed E-state index contributed by atoms with van der Waals surface area (Å²) in [4.78, 5) is -0.458. The first-order valence-electron chi connectivity index (χ1n) is 6.26. The number of rotatable bonds is 4. The van der Waals surface area contributed by atoms with Crippen molar-refractivity contribution in [1.82, 2.24) is 4.72 Å². The number of ether oxygens (including phenoxy) is 1. The molecule has 0 bridgehead atoms. The molecule has 1 unspecified atom stereocenters. The molecule has 1 aliphatic rings. The van der Waals surface area contributed by atoms with Gasteiger partial charge in [0.15, 0.2) is 5.82 Å². The Morgan fingerprint density at radius 2 is 2.20 bits per heavy atom. The Morgan fingerprint density at radius 3 is 2.85 bits per heavy atom. The monoisotopic (exact) mass is 366 g/mol. The number of hydrogen-bond acceptors (Lipinski definition) is 4. The number of anilines is 1. The first-order chi connectivity index (χ1) is 9.40. The van der Waals surface area contributed by atoms with E-state index in [4.69, 9.17) is 10.5 Å². The number of nitrogens with one attached hydrogen (secondary N) is 1. The van der Waals surface area contributed by atoms with Crippen molar-refractivity contribution in [1.29, 1.82) is 0 Å². The summed E-state index contributed by atoms with van der Waals surface area (Å²) in [5.74, 6) is -0.851. The molecule has 1 heterocycles. The summed E-state index contributed by atoms with van der Waals surface area (Å²) >= 11 is 2.95. The van der Waals surface area contributed by atoms with Crippen molar-refractivity contribution >= 4 is 31.6 Å². The maximum atomic E-state index is 13.9. The molecule has 0 amide bonds. The van der Waals surface area contributed by atoms with Crippen LogP contribution in [0.4, 0.5) is 10.1 Å². The second kappa shape index (κ2) is 6.38. The minimum Gasteiger partial charge on any atom is -0.399 e. The highest BCUT2D eigenvalue weighted by atomic mass is 79.9. The van der Waals surface area contributed by atoms with Gasteiger partial charge < -0.3 is 10.5 Å². The Hall–Kier alpha value is -0.700. The molecule has 1 atom stereocenters. The van der Waals surface area contributed by atoms with Gasteiger partial charge in [0.1, 0.15) is 4.90 Å². The second-order valence-electron chi connectivity index (χ2n) is 4.66. The molecule has 1 aromatic carbocycles. The fraction of sp³-hybridized carbons (Fsp3) is 0.500. The van der Waals surface area contributed by atoms with Gasteiger partial charge in [-0.15, -0.1) is 0 Å². The summed E-state index contributed by atoms with van der Waals surface area (Å²) < 4.78 is 45.9. The van der Waals surface area contributed by atoms with Crippen LogP contribution in [0.1, 0.15) is 19.3 Å². The molecule has 5 nitrogen and oxygen atoms in total. The van der Waals surface area contributed by atoms with E-state index in [1.807, 2.05) is 0 Å². The molecule has 112 valence electrons. The average molecular weight is 367 g/mol. The average Bonchev–Trinajstić information content (AvgIpc) is 2.42. The highest BCUT2D eigenvalue weighted by molar-refractivity contribution is 9.10. The molecule has 0 aromatic heterocycles. The SMILES string of the molecule is Nc1cc(Br)c(F)c(S(=O)(=O)NCC2CCCCO2)c1. The van der Waals surface area contributed by atoms with Crippen LogP contribution in [0, 0.1) is 5.82 Å². The highest BCUT2D eigenvalue weighted by Crippen LogP contribution is 2.26. The van der Waals surface area contributed by atoms with Crippen LogP contribution < -0.4 is 10.5 Å². The molecular weight excluding hydrogens is 351 g/mol. The van der Waals surface area contributed by atoms with Crippen molar-refractivity contribution in [2.75, 3.05) is 18.9 Å². The first kappa shape index (κ1) is 15.7. The quantitative estimate of drug-likeness (QED) is 0.798. The maximum Gasteiger partial charge on any atom is 0.243 e. The highest BCUT2D eigenvalue weighted by Gasteiger charge is 2.23. The van der Waals surface area contributed by atoms with Crippen molar-refractivity contribution in [3.63, 3.8) is 0 Å². The van der Waals surface area contributed by atoms with E-state index < -0.39 is 20.7 Å². The third kappa shape index (κ3) is 3.69. The molecule has 1 aliphatic heterocycles. The Kier molecular flexibility index (Phi) is 5.00. The molecule has 0 spiro atoms. The molecule has 0 aliphatic carbocycles. The lowest BCUT2D eigenvalue weighted by Crippen LogP contribution is -2.35. The van der Waals surface area contributed by atoms with Gasteiger partial charge in [0.25, 0.3) is 0 Å². The van der Waals surface area contributed by atoms with Gasteiger partial charge in [-0.25, -0.2) is 17.5 Å². The lowest BCUT2D eigenvalue weighted by molar-refractivity contribution is 0.0200. The van der Waals surface area contributed by atoms with Gasteiger partial charge in [-0.05, 0) is 47.3 Å². The summed E-state index contributed by atoms with van der Waals surface area (Å²) in [5.41, 5.74) is 5.72. The van der Waals surface area contributed by atoms with Crippen LogP contribution in [0.2, 0.25) is 0 Å². The zero-order valence-electron chi connectivity index (χ0n) is 10.7. The largest absolute Gasteiger partial charge is 0.399 e. The molecule has 1 aromatic rings. The summed E-state index contributed by atoms with van der Waals surface area (Å²) in [6, 6.07) is 2.42. The van der Waals surface area contributed by atoms with Gasteiger partial charge in [0.2, 0.25) is 10.0 Å². The van der Waals surface area contributed by atoms with E-state index in [0.29, 0.717) is 6.61 Å². The molecule has 1 saturated heterocycles. The molecule has 0 radical (unpaired) electrons. The fourth-order valence-corrected chi connectivity index (χ4v) is 3.84. The predicted molar refractivity (Wildman–Crippen MR) is 77.3 cm³/mol. The van der Waals surface area contributed by atoms with Gasteiger partial charge in [-0.2, -0.15) is 0 Å². The summed E-state index contributed by atoms with van der Waals surface area (Å²) in [6.07, 6.45) is 2.63. The summed E-state index contributed by atoms with van der Waals surface area (Å²) in [6.45, 7) is 0.763. The van der Waals surface area contributed by atoms with Crippen LogP contribution in [0.15, 0.2) is 21.5 Å². The molecular formula is C12H16BrFN2O3S. The maximum absolute atomic E-state index is 13.9. The number of nitrogens with two attached hydrogens (primary N) is 1. The van der Waals surface area contributed by atoms with Crippen molar-refractivity contribution in [3.05, 3.63) is 22.4 Å². The Balaban J connectivity index is 2.14. The zero-order chi connectivity index (χ0) is 14.8. The van der Waals surface area contributed by atoms with E-state index in [2.05, 4.69) is 20.7 Å².